The number of hydrogen-bond donors (Lipinski definition) is 2. The number of urea groups is 1. The number of carbonyl (C=O) groups excluding carboxylic acids is 1. The maximum atomic E-state index is 12.3. The number of nitrogens with one attached hydrogen (secondary N) is 2. The molecule has 0 aliphatic carbocycles. The quantitative estimate of drug-likeness (QED) is 0.536. The van der Waals surface area contributed by atoms with E-state index >= 15 is 0 Å². The van der Waals surface area contributed by atoms with Crippen LogP contribution < -0.4 is 29.6 Å². The van der Waals surface area contributed by atoms with Gasteiger partial charge in [-0.25, -0.2) is 9.78 Å². The number of rotatable bonds is 9. The van der Waals surface area contributed by atoms with E-state index < -0.39 is 0 Å². The molecular weight excluding hydrogens is 402 g/mol. The molecule has 1 heterocycles. The van der Waals surface area contributed by atoms with Crippen molar-refractivity contribution in [2.75, 3.05) is 40.3 Å². The average molecular weight is 427 g/mol. The maximum absolute atomic E-state index is 12.3. The van der Waals surface area contributed by atoms with Crippen molar-refractivity contribution in [2.24, 2.45) is 0 Å². The van der Waals surface area contributed by atoms with E-state index in [9.17, 15) is 4.79 Å². The Balaban J connectivity index is 1.54. The Morgan fingerprint density at radius 1 is 0.968 bits per heavy atom. The fourth-order valence-electron chi connectivity index (χ4n) is 2.92. The van der Waals surface area contributed by atoms with Gasteiger partial charge in [0.15, 0.2) is 11.5 Å². The van der Waals surface area contributed by atoms with Gasteiger partial charge in [0, 0.05) is 30.7 Å². The minimum Gasteiger partial charge on any atom is -0.497 e. The van der Waals surface area contributed by atoms with E-state index in [1.165, 1.54) is 21.3 Å². The first-order valence-corrected chi connectivity index (χ1v) is 9.51. The van der Waals surface area contributed by atoms with Gasteiger partial charge in [0.25, 0.3) is 0 Å². The molecule has 0 atom stereocenters. The number of methoxy groups -OCH3 is 4. The molecule has 0 bridgehead atoms. The highest BCUT2D eigenvalue weighted by atomic mass is 16.5. The van der Waals surface area contributed by atoms with E-state index in [0.29, 0.717) is 41.8 Å². The molecule has 31 heavy (non-hydrogen) atoms. The minimum absolute atomic E-state index is 0.367. The summed E-state index contributed by atoms with van der Waals surface area (Å²) in [5.41, 5.74) is 2.09. The monoisotopic (exact) mass is 427 g/mol. The lowest BCUT2D eigenvalue weighted by atomic mass is 10.2. The van der Waals surface area contributed by atoms with Gasteiger partial charge in [-0.3, -0.25) is 0 Å². The number of oxazole rings is 1. The molecule has 0 spiro atoms. The van der Waals surface area contributed by atoms with Gasteiger partial charge in [0.1, 0.15) is 12.0 Å². The van der Waals surface area contributed by atoms with Gasteiger partial charge in [-0.15, -0.1) is 0 Å². The highest BCUT2D eigenvalue weighted by Gasteiger charge is 2.14. The summed E-state index contributed by atoms with van der Waals surface area (Å²) in [5.74, 6) is 2.63. The van der Waals surface area contributed by atoms with E-state index in [4.69, 9.17) is 23.4 Å². The molecule has 3 rings (SSSR count). The van der Waals surface area contributed by atoms with Crippen molar-refractivity contribution in [3.8, 4) is 34.5 Å². The zero-order chi connectivity index (χ0) is 22.2. The Morgan fingerprint density at radius 2 is 1.65 bits per heavy atom. The zero-order valence-electron chi connectivity index (χ0n) is 17.9. The highest BCUT2D eigenvalue weighted by Crippen LogP contribution is 2.39. The molecule has 0 aliphatic heterocycles. The molecule has 0 radical (unpaired) electrons. The topological polar surface area (TPSA) is 104 Å². The predicted octanol–water partition coefficient (Wildman–Crippen LogP) is 3.74. The second kappa shape index (κ2) is 10.2. The lowest BCUT2D eigenvalue weighted by molar-refractivity contribution is 0.252. The largest absolute Gasteiger partial charge is 0.497 e. The Bertz CT molecular complexity index is 991. The maximum Gasteiger partial charge on any atom is 0.319 e. The van der Waals surface area contributed by atoms with Gasteiger partial charge in [0.2, 0.25) is 11.6 Å². The van der Waals surface area contributed by atoms with Gasteiger partial charge < -0.3 is 34.0 Å². The first kappa shape index (κ1) is 21.8. The summed E-state index contributed by atoms with van der Waals surface area (Å²) in [6, 6.07) is 10.4. The highest BCUT2D eigenvalue weighted by molar-refractivity contribution is 5.90. The van der Waals surface area contributed by atoms with Gasteiger partial charge >= 0.3 is 6.03 Å². The number of aromatic nitrogens is 1. The molecule has 9 nitrogen and oxygen atoms in total. The molecule has 0 saturated heterocycles. The third kappa shape index (κ3) is 5.39. The summed E-state index contributed by atoms with van der Waals surface area (Å²) in [6.45, 7) is 0.380. The van der Waals surface area contributed by atoms with E-state index in [0.717, 1.165) is 17.0 Å². The Hall–Kier alpha value is -3.88. The van der Waals surface area contributed by atoms with E-state index in [1.54, 1.807) is 25.5 Å². The first-order valence-electron chi connectivity index (χ1n) is 9.51. The summed E-state index contributed by atoms with van der Waals surface area (Å²) in [5, 5.41) is 5.54. The predicted molar refractivity (Wildman–Crippen MR) is 115 cm³/mol. The van der Waals surface area contributed by atoms with Crippen LogP contribution in [-0.4, -0.2) is 46.0 Å². The number of nitrogens with zero attached hydrogens (tertiary/aromatic N) is 1. The summed E-state index contributed by atoms with van der Waals surface area (Å²) in [4.78, 5) is 16.7. The molecule has 2 N–H and O–H groups in total. The van der Waals surface area contributed by atoms with Gasteiger partial charge in [0.05, 0.1) is 39.8 Å². The standard InChI is InChI=1S/C22H25N3O6/c1-27-17-7-5-14(6-8-17)21-24-15(13-31-21)9-10-23-22(26)25-16-11-18(28-2)20(30-4)19(12-16)29-3/h5-8,11-13H,9-10H2,1-4H3,(H2,23,25,26). The Morgan fingerprint density at radius 3 is 2.23 bits per heavy atom. The number of ether oxygens (including phenoxy) is 4. The number of benzene rings is 2. The van der Waals surface area contributed by atoms with Gasteiger partial charge in [-0.05, 0) is 24.3 Å². The second-order valence-electron chi connectivity index (χ2n) is 6.42. The number of carbonyl (C=O) groups is 1. The van der Waals surface area contributed by atoms with Crippen molar-refractivity contribution in [2.45, 2.75) is 6.42 Å². The SMILES string of the molecule is COc1ccc(-c2nc(CCNC(=O)Nc3cc(OC)c(OC)c(OC)c3)co2)cc1. The van der Waals surface area contributed by atoms with Crippen molar-refractivity contribution in [3.05, 3.63) is 48.4 Å². The number of anilines is 1. The molecule has 0 saturated carbocycles. The Labute approximate surface area is 180 Å². The van der Waals surface area contributed by atoms with Crippen molar-refractivity contribution < 1.29 is 28.2 Å². The molecule has 9 heteroatoms. The summed E-state index contributed by atoms with van der Waals surface area (Å²) >= 11 is 0. The molecule has 0 aliphatic rings. The lowest BCUT2D eigenvalue weighted by Crippen LogP contribution is -2.30. The molecule has 3 aromatic rings. The fourth-order valence-corrected chi connectivity index (χ4v) is 2.92. The smallest absolute Gasteiger partial charge is 0.319 e. The van der Waals surface area contributed by atoms with E-state index in [2.05, 4.69) is 15.6 Å². The van der Waals surface area contributed by atoms with Crippen molar-refractivity contribution in [1.82, 2.24) is 10.3 Å². The zero-order valence-corrected chi connectivity index (χ0v) is 17.9. The van der Waals surface area contributed by atoms with Crippen LogP contribution in [-0.2, 0) is 6.42 Å². The molecule has 2 aromatic carbocycles. The van der Waals surface area contributed by atoms with Crippen LogP contribution in [0.5, 0.6) is 23.0 Å². The summed E-state index contributed by atoms with van der Waals surface area (Å²) < 4.78 is 26.5. The van der Waals surface area contributed by atoms with Crippen molar-refractivity contribution in [1.29, 1.82) is 0 Å². The average Bonchev–Trinajstić information content (AvgIpc) is 3.27. The van der Waals surface area contributed by atoms with Gasteiger partial charge in [-0.2, -0.15) is 0 Å². The fraction of sp³-hybridized carbons (Fsp3) is 0.273. The second-order valence-corrected chi connectivity index (χ2v) is 6.42. The van der Waals surface area contributed by atoms with Crippen LogP contribution in [0.2, 0.25) is 0 Å². The van der Waals surface area contributed by atoms with Crippen LogP contribution in [0.15, 0.2) is 47.1 Å². The van der Waals surface area contributed by atoms with E-state index in [1.807, 2.05) is 24.3 Å². The van der Waals surface area contributed by atoms with Crippen molar-refractivity contribution >= 4 is 11.7 Å². The number of amides is 2. The third-order valence-electron chi connectivity index (χ3n) is 4.48. The number of hydrogen-bond acceptors (Lipinski definition) is 7. The van der Waals surface area contributed by atoms with Crippen LogP contribution >= 0.6 is 0 Å². The minimum atomic E-state index is -0.367. The molecular formula is C22H25N3O6. The molecule has 164 valence electrons. The Kier molecular flexibility index (Phi) is 7.21. The van der Waals surface area contributed by atoms with Crippen LogP contribution in [0.1, 0.15) is 5.69 Å². The lowest BCUT2D eigenvalue weighted by Gasteiger charge is -2.14. The molecule has 2 amide bonds. The van der Waals surface area contributed by atoms with Crippen LogP contribution in [0.4, 0.5) is 10.5 Å². The van der Waals surface area contributed by atoms with Crippen LogP contribution in [0.3, 0.4) is 0 Å². The van der Waals surface area contributed by atoms with Crippen molar-refractivity contribution in [3.63, 3.8) is 0 Å². The van der Waals surface area contributed by atoms with Crippen LogP contribution in [0.25, 0.3) is 11.5 Å². The van der Waals surface area contributed by atoms with Gasteiger partial charge in [-0.1, -0.05) is 0 Å². The van der Waals surface area contributed by atoms with E-state index in [-0.39, 0.29) is 6.03 Å². The molecule has 0 unspecified atom stereocenters. The summed E-state index contributed by atoms with van der Waals surface area (Å²) in [6.07, 6.45) is 2.10. The van der Waals surface area contributed by atoms with Crippen LogP contribution in [0, 0.1) is 0 Å². The first-order chi connectivity index (χ1) is 15.1. The summed E-state index contributed by atoms with van der Waals surface area (Å²) in [7, 11) is 6.16. The normalized spacial score (nSPS) is 10.3. The third-order valence-corrected chi connectivity index (χ3v) is 4.48. The molecule has 0 fully saturated rings. The molecule has 1 aromatic heterocycles.